The summed E-state index contributed by atoms with van der Waals surface area (Å²) in [5.74, 6) is -0.360. The molecule has 3 rings (SSSR count). The third kappa shape index (κ3) is 5.19. The number of nitrogens with one attached hydrogen (secondary N) is 1. The summed E-state index contributed by atoms with van der Waals surface area (Å²) in [5.41, 5.74) is 0.212. The van der Waals surface area contributed by atoms with Crippen molar-refractivity contribution in [1.29, 1.82) is 0 Å². The van der Waals surface area contributed by atoms with Crippen LogP contribution < -0.4 is 10.1 Å². The van der Waals surface area contributed by atoms with E-state index in [-0.39, 0.29) is 23.6 Å². The van der Waals surface area contributed by atoms with Crippen molar-refractivity contribution in [1.82, 2.24) is 10.2 Å². The molecule has 26 heavy (non-hydrogen) atoms. The molecule has 1 aromatic rings. The minimum Gasteiger partial charge on any atom is -0.486 e. The zero-order chi connectivity index (χ0) is 18.4. The Hall–Kier alpha value is -2.12. The fourth-order valence-corrected chi connectivity index (χ4v) is 3.39. The Morgan fingerprint density at radius 3 is 2.65 bits per heavy atom. The molecule has 1 amide bonds. The van der Waals surface area contributed by atoms with E-state index < -0.39 is 5.97 Å². The molecule has 0 radical (unpaired) electrons. The summed E-state index contributed by atoms with van der Waals surface area (Å²) >= 11 is 0. The van der Waals surface area contributed by atoms with Gasteiger partial charge in [-0.05, 0) is 56.6 Å². The minimum absolute atomic E-state index is 0.0404. The zero-order valence-corrected chi connectivity index (χ0v) is 14.9. The Morgan fingerprint density at radius 2 is 1.96 bits per heavy atom. The predicted molar refractivity (Wildman–Crippen MR) is 95.5 cm³/mol. The molecule has 0 spiro atoms. The second-order valence-electron chi connectivity index (χ2n) is 6.82. The van der Waals surface area contributed by atoms with E-state index in [2.05, 4.69) is 10.2 Å². The van der Waals surface area contributed by atoms with Crippen LogP contribution in [0.5, 0.6) is 5.75 Å². The summed E-state index contributed by atoms with van der Waals surface area (Å²) in [7, 11) is 0. The molecule has 0 bridgehead atoms. The Morgan fingerprint density at radius 1 is 1.23 bits per heavy atom. The van der Waals surface area contributed by atoms with Gasteiger partial charge in [0, 0.05) is 19.6 Å². The summed E-state index contributed by atoms with van der Waals surface area (Å²) in [6.07, 6.45) is 3.36. The number of carboxylic acid groups (broad SMARTS) is 1. The molecule has 2 unspecified atom stereocenters. The molecule has 2 N–H and O–H groups in total. The molecule has 0 aromatic heterocycles. The summed E-state index contributed by atoms with van der Waals surface area (Å²) < 4.78 is 11.4. The molecular formula is C19H26N2O5. The topological polar surface area (TPSA) is 88.1 Å². The first kappa shape index (κ1) is 18.7. The van der Waals surface area contributed by atoms with Gasteiger partial charge in [0.25, 0.3) is 0 Å². The molecule has 2 aliphatic rings. The first-order valence-electron chi connectivity index (χ1n) is 9.21. The Balaban J connectivity index is 1.51. The van der Waals surface area contributed by atoms with Crippen molar-refractivity contribution in [3.63, 3.8) is 0 Å². The van der Waals surface area contributed by atoms with E-state index in [1.165, 1.54) is 25.0 Å². The summed E-state index contributed by atoms with van der Waals surface area (Å²) in [6, 6.07) is 6.17. The van der Waals surface area contributed by atoms with E-state index >= 15 is 0 Å². The van der Waals surface area contributed by atoms with E-state index in [1.807, 2.05) is 0 Å². The van der Waals surface area contributed by atoms with Crippen LogP contribution in [0, 0.1) is 0 Å². The fraction of sp³-hybridized carbons (Fsp3) is 0.579. The molecule has 7 heteroatoms. The first-order chi connectivity index (χ1) is 12.6. The highest BCUT2D eigenvalue weighted by molar-refractivity contribution is 5.87. The largest absolute Gasteiger partial charge is 0.486 e. The van der Waals surface area contributed by atoms with Crippen molar-refractivity contribution in [2.75, 3.05) is 32.8 Å². The van der Waals surface area contributed by atoms with Gasteiger partial charge in [0.05, 0.1) is 18.2 Å². The van der Waals surface area contributed by atoms with Crippen LogP contribution in [0.2, 0.25) is 0 Å². The van der Waals surface area contributed by atoms with Crippen LogP contribution in [0.25, 0.3) is 0 Å². The lowest BCUT2D eigenvalue weighted by Gasteiger charge is -2.32. The number of ether oxygens (including phenoxy) is 2. The number of amides is 1. The van der Waals surface area contributed by atoms with Gasteiger partial charge in [0.15, 0.2) is 0 Å². The number of carboxylic acids is 1. The van der Waals surface area contributed by atoms with E-state index in [0.29, 0.717) is 31.8 Å². The van der Waals surface area contributed by atoms with Crippen LogP contribution in [0.1, 0.15) is 36.0 Å². The van der Waals surface area contributed by atoms with Crippen molar-refractivity contribution in [3.05, 3.63) is 29.8 Å². The van der Waals surface area contributed by atoms with Crippen LogP contribution in [0.3, 0.4) is 0 Å². The molecule has 2 fully saturated rings. The number of aromatic carboxylic acids is 1. The van der Waals surface area contributed by atoms with E-state index in [0.717, 1.165) is 19.6 Å². The van der Waals surface area contributed by atoms with Crippen LogP contribution in [-0.4, -0.2) is 66.9 Å². The SMILES string of the molecule is O=C(CCN1CCCC1)NC1CCOCC1Oc1ccc(C(=O)O)cc1. The monoisotopic (exact) mass is 362 g/mol. The second kappa shape index (κ2) is 9.00. The highest BCUT2D eigenvalue weighted by atomic mass is 16.5. The van der Waals surface area contributed by atoms with Gasteiger partial charge in [-0.15, -0.1) is 0 Å². The molecule has 7 nitrogen and oxygen atoms in total. The lowest BCUT2D eigenvalue weighted by molar-refractivity contribution is -0.124. The quantitative estimate of drug-likeness (QED) is 0.765. The third-order valence-corrected chi connectivity index (χ3v) is 4.89. The smallest absolute Gasteiger partial charge is 0.335 e. The number of rotatable bonds is 7. The van der Waals surface area contributed by atoms with Gasteiger partial charge in [-0.3, -0.25) is 4.79 Å². The van der Waals surface area contributed by atoms with Crippen LogP contribution in [0.4, 0.5) is 0 Å². The van der Waals surface area contributed by atoms with Crippen molar-refractivity contribution in [3.8, 4) is 5.75 Å². The lowest BCUT2D eigenvalue weighted by Crippen LogP contribution is -2.51. The van der Waals surface area contributed by atoms with Crippen LogP contribution >= 0.6 is 0 Å². The van der Waals surface area contributed by atoms with Crippen LogP contribution in [-0.2, 0) is 9.53 Å². The molecule has 2 aliphatic heterocycles. The van der Waals surface area contributed by atoms with Gasteiger partial charge in [-0.2, -0.15) is 0 Å². The maximum Gasteiger partial charge on any atom is 0.335 e. The summed E-state index contributed by atoms with van der Waals surface area (Å²) in [4.78, 5) is 25.5. The van der Waals surface area contributed by atoms with Gasteiger partial charge >= 0.3 is 5.97 Å². The van der Waals surface area contributed by atoms with Gasteiger partial charge < -0.3 is 24.8 Å². The second-order valence-corrected chi connectivity index (χ2v) is 6.82. The van der Waals surface area contributed by atoms with Gasteiger partial charge in [-0.25, -0.2) is 4.79 Å². The van der Waals surface area contributed by atoms with Gasteiger partial charge in [0.1, 0.15) is 11.9 Å². The van der Waals surface area contributed by atoms with Crippen molar-refractivity contribution in [2.45, 2.75) is 37.8 Å². The van der Waals surface area contributed by atoms with Crippen molar-refractivity contribution < 1.29 is 24.2 Å². The highest BCUT2D eigenvalue weighted by Gasteiger charge is 2.29. The number of carbonyl (C=O) groups is 2. The Labute approximate surface area is 153 Å². The number of carbonyl (C=O) groups excluding carboxylic acids is 1. The molecule has 2 atom stereocenters. The number of hydrogen-bond acceptors (Lipinski definition) is 5. The van der Waals surface area contributed by atoms with Crippen molar-refractivity contribution in [2.24, 2.45) is 0 Å². The molecule has 0 aliphatic carbocycles. The molecule has 0 saturated carbocycles. The predicted octanol–water partition coefficient (Wildman–Crippen LogP) is 1.52. The average Bonchev–Trinajstić information content (AvgIpc) is 3.16. The van der Waals surface area contributed by atoms with E-state index in [4.69, 9.17) is 14.6 Å². The molecule has 2 saturated heterocycles. The maximum absolute atomic E-state index is 12.3. The molecular weight excluding hydrogens is 336 g/mol. The third-order valence-electron chi connectivity index (χ3n) is 4.89. The number of hydrogen-bond donors (Lipinski definition) is 2. The zero-order valence-electron chi connectivity index (χ0n) is 14.9. The van der Waals surface area contributed by atoms with Gasteiger partial charge in [0.2, 0.25) is 5.91 Å². The summed E-state index contributed by atoms with van der Waals surface area (Å²) in [6.45, 7) is 3.97. The molecule has 2 heterocycles. The van der Waals surface area contributed by atoms with Crippen molar-refractivity contribution >= 4 is 11.9 Å². The normalized spacial score (nSPS) is 23.5. The Kier molecular flexibility index (Phi) is 6.46. The maximum atomic E-state index is 12.3. The molecule has 142 valence electrons. The molecule has 1 aromatic carbocycles. The highest BCUT2D eigenvalue weighted by Crippen LogP contribution is 2.19. The van der Waals surface area contributed by atoms with E-state index in [1.54, 1.807) is 12.1 Å². The van der Waals surface area contributed by atoms with Crippen LogP contribution in [0.15, 0.2) is 24.3 Å². The first-order valence-corrected chi connectivity index (χ1v) is 9.21. The number of likely N-dealkylation sites (tertiary alicyclic amines) is 1. The Bertz CT molecular complexity index is 613. The number of benzene rings is 1. The number of nitrogens with zero attached hydrogens (tertiary/aromatic N) is 1. The standard InChI is InChI=1S/C19H26N2O5/c22-18(7-11-21-9-1-2-10-21)20-16-8-12-25-13-17(16)26-15-5-3-14(4-6-15)19(23)24/h3-6,16-17H,1-2,7-13H2,(H,20,22)(H,23,24). The summed E-state index contributed by atoms with van der Waals surface area (Å²) in [5, 5.41) is 12.0. The van der Waals surface area contributed by atoms with Gasteiger partial charge in [-0.1, -0.05) is 0 Å². The fourth-order valence-electron chi connectivity index (χ4n) is 3.39. The lowest BCUT2D eigenvalue weighted by atomic mass is 10.1. The average molecular weight is 362 g/mol. The minimum atomic E-state index is -0.972. The van der Waals surface area contributed by atoms with E-state index in [9.17, 15) is 9.59 Å².